The number of ether oxygens (including phenoxy) is 2. The standard InChI is InChI=1S/C8H7NO3/c10-8-2-9-1-6-3-11-5-12-4-7(6)8/h1-4,10H,5H2. The summed E-state index contributed by atoms with van der Waals surface area (Å²) in [6.07, 6.45) is 5.92. The Morgan fingerprint density at radius 1 is 1.25 bits per heavy atom. The van der Waals surface area contributed by atoms with Crippen molar-refractivity contribution in [1.82, 2.24) is 4.98 Å². The topological polar surface area (TPSA) is 51.6 Å². The lowest BCUT2D eigenvalue weighted by atomic mass is 10.3. The van der Waals surface area contributed by atoms with Crippen LogP contribution in [0.5, 0.6) is 5.75 Å². The summed E-state index contributed by atoms with van der Waals surface area (Å²) in [6.45, 7) is 0.161. The lowest BCUT2D eigenvalue weighted by Gasteiger charge is -1.94. The zero-order valence-electron chi connectivity index (χ0n) is 6.23. The van der Waals surface area contributed by atoms with Crippen molar-refractivity contribution in [3.63, 3.8) is 0 Å². The molecule has 1 aromatic heterocycles. The zero-order valence-corrected chi connectivity index (χ0v) is 6.23. The average Bonchev–Trinajstić information content (AvgIpc) is 2.30. The number of aromatic nitrogens is 1. The van der Waals surface area contributed by atoms with Gasteiger partial charge in [-0.25, -0.2) is 0 Å². The molecule has 1 aromatic rings. The van der Waals surface area contributed by atoms with Gasteiger partial charge in [0.15, 0.2) is 0 Å². The van der Waals surface area contributed by atoms with Gasteiger partial charge in [0.05, 0.1) is 23.9 Å². The van der Waals surface area contributed by atoms with E-state index in [4.69, 9.17) is 9.47 Å². The molecule has 1 aliphatic heterocycles. The Morgan fingerprint density at radius 2 is 2.08 bits per heavy atom. The van der Waals surface area contributed by atoms with Crippen molar-refractivity contribution in [2.45, 2.75) is 0 Å². The average molecular weight is 165 g/mol. The minimum atomic E-state index is 0.0919. The summed E-state index contributed by atoms with van der Waals surface area (Å²) >= 11 is 0. The number of rotatable bonds is 0. The van der Waals surface area contributed by atoms with Crippen LogP contribution < -0.4 is 10.4 Å². The minimum absolute atomic E-state index is 0.0919. The highest BCUT2D eigenvalue weighted by atomic mass is 16.7. The van der Waals surface area contributed by atoms with E-state index < -0.39 is 0 Å². The molecular weight excluding hydrogens is 158 g/mol. The van der Waals surface area contributed by atoms with Crippen molar-refractivity contribution in [3.05, 3.63) is 22.8 Å². The SMILES string of the molecule is Oc1cncc2c1=COCOC=2. The molecule has 0 aromatic carbocycles. The van der Waals surface area contributed by atoms with E-state index in [1.807, 2.05) is 0 Å². The van der Waals surface area contributed by atoms with Gasteiger partial charge in [0.1, 0.15) is 5.75 Å². The second-order valence-corrected chi connectivity index (χ2v) is 2.35. The van der Waals surface area contributed by atoms with Crippen LogP contribution in [0.1, 0.15) is 0 Å². The molecule has 2 heterocycles. The maximum Gasteiger partial charge on any atom is 0.229 e. The van der Waals surface area contributed by atoms with E-state index in [2.05, 4.69) is 4.98 Å². The quantitative estimate of drug-likeness (QED) is 0.550. The Hall–Kier alpha value is -1.71. The van der Waals surface area contributed by atoms with Gasteiger partial charge in [-0.15, -0.1) is 0 Å². The van der Waals surface area contributed by atoms with E-state index in [1.165, 1.54) is 18.7 Å². The molecule has 1 N–H and O–H groups in total. The van der Waals surface area contributed by atoms with Gasteiger partial charge in [0.25, 0.3) is 0 Å². The summed E-state index contributed by atoms with van der Waals surface area (Å²) in [5.41, 5.74) is 0. The van der Waals surface area contributed by atoms with Gasteiger partial charge < -0.3 is 14.6 Å². The van der Waals surface area contributed by atoms with Crippen molar-refractivity contribution >= 4 is 12.5 Å². The lowest BCUT2D eigenvalue weighted by Crippen LogP contribution is -2.24. The fourth-order valence-corrected chi connectivity index (χ4v) is 0.978. The molecule has 0 atom stereocenters. The number of fused-ring (bicyclic) bond motifs is 1. The second-order valence-electron chi connectivity index (χ2n) is 2.35. The van der Waals surface area contributed by atoms with E-state index >= 15 is 0 Å². The number of pyridine rings is 1. The van der Waals surface area contributed by atoms with E-state index in [0.717, 1.165) is 0 Å². The first kappa shape index (κ1) is 6.97. The highest BCUT2D eigenvalue weighted by Crippen LogP contribution is 1.93. The Morgan fingerprint density at radius 3 is 3.00 bits per heavy atom. The molecule has 4 heteroatoms. The second kappa shape index (κ2) is 2.73. The maximum absolute atomic E-state index is 9.33. The molecule has 0 saturated heterocycles. The summed E-state index contributed by atoms with van der Waals surface area (Å²) in [6, 6.07) is 0. The summed E-state index contributed by atoms with van der Waals surface area (Å²) < 4.78 is 9.88. The first-order valence-electron chi connectivity index (χ1n) is 3.44. The normalized spacial score (nSPS) is 14.0. The van der Waals surface area contributed by atoms with E-state index in [9.17, 15) is 5.11 Å². The molecule has 4 nitrogen and oxygen atoms in total. The Balaban J connectivity index is 2.79. The van der Waals surface area contributed by atoms with Gasteiger partial charge in [-0.05, 0) is 0 Å². The zero-order chi connectivity index (χ0) is 8.39. The molecule has 0 aliphatic carbocycles. The smallest absolute Gasteiger partial charge is 0.229 e. The molecule has 0 bridgehead atoms. The van der Waals surface area contributed by atoms with Crippen molar-refractivity contribution in [2.75, 3.05) is 6.79 Å². The minimum Gasteiger partial charge on any atom is -0.506 e. The fourth-order valence-electron chi connectivity index (χ4n) is 0.978. The van der Waals surface area contributed by atoms with Crippen LogP contribution in [0.2, 0.25) is 0 Å². The molecule has 0 spiro atoms. The van der Waals surface area contributed by atoms with Gasteiger partial charge in [-0.1, -0.05) is 0 Å². The molecule has 0 fully saturated rings. The molecule has 62 valence electrons. The molecule has 0 unspecified atom stereocenters. The van der Waals surface area contributed by atoms with Crippen LogP contribution in [0.25, 0.3) is 12.5 Å². The maximum atomic E-state index is 9.33. The number of hydrogen-bond donors (Lipinski definition) is 1. The molecule has 1 aliphatic rings. The molecule has 12 heavy (non-hydrogen) atoms. The summed E-state index contributed by atoms with van der Waals surface area (Å²) in [5, 5.41) is 10.6. The third-order valence-corrected chi connectivity index (χ3v) is 1.54. The van der Waals surface area contributed by atoms with Gasteiger partial charge in [-0.3, -0.25) is 4.98 Å². The Labute approximate surface area is 68.4 Å². The third kappa shape index (κ3) is 1.07. The third-order valence-electron chi connectivity index (χ3n) is 1.54. The molecular formula is C8H7NO3. The van der Waals surface area contributed by atoms with Crippen LogP contribution >= 0.6 is 0 Å². The Kier molecular flexibility index (Phi) is 1.59. The monoisotopic (exact) mass is 165 g/mol. The van der Waals surface area contributed by atoms with Crippen LogP contribution in [0.4, 0.5) is 0 Å². The number of aromatic hydroxyl groups is 1. The van der Waals surface area contributed by atoms with Crippen molar-refractivity contribution < 1.29 is 14.6 Å². The predicted octanol–water partition coefficient (Wildman–Crippen LogP) is -0.733. The first-order valence-corrected chi connectivity index (χ1v) is 3.44. The van der Waals surface area contributed by atoms with E-state index in [0.29, 0.717) is 10.4 Å². The number of hydrogen-bond acceptors (Lipinski definition) is 4. The van der Waals surface area contributed by atoms with Crippen molar-refractivity contribution in [3.8, 4) is 5.75 Å². The van der Waals surface area contributed by atoms with Crippen molar-refractivity contribution in [2.24, 2.45) is 0 Å². The van der Waals surface area contributed by atoms with Crippen LogP contribution in [0.15, 0.2) is 12.4 Å². The Bertz CT molecular complexity index is 399. The molecule has 2 rings (SSSR count). The fraction of sp³-hybridized carbons (Fsp3) is 0.125. The summed E-state index contributed by atoms with van der Waals surface area (Å²) in [4.78, 5) is 3.80. The van der Waals surface area contributed by atoms with Gasteiger partial charge >= 0.3 is 0 Å². The van der Waals surface area contributed by atoms with Gasteiger partial charge in [-0.2, -0.15) is 0 Å². The molecule has 0 saturated carbocycles. The summed E-state index contributed by atoms with van der Waals surface area (Å²) in [7, 11) is 0. The van der Waals surface area contributed by atoms with Crippen LogP contribution in [0.3, 0.4) is 0 Å². The van der Waals surface area contributed by atoms with Crippen LogP contribution in [0, 0.1) is 0 Å². The lowest BCUT2D eigenvalue weighted by molar-refractivity contribution is 0.0898. The van der Waals surface area contributed by atoms with E-state index in [-0.39, 0.29) is 12.5 Å². The highest BCUT2D eigenvalue weighted by Gasteiger charge is 1.97. The predicted molar refractivity (Wildman–Crippen MR) is 41.1 cm³/mol. The van der Waals surface area contributed by atoms with E-state index in [1.54, 1.807) is 6.20 Å². The highest BCUT2D eigenvalue weighted by molar-refractivity contribution is 5.32. The van der Waals surface area contributed by atoms with Crippen molar-refractivity contribution in [1.29, 1.82) is 0 Å². The largest absolute Gasteiger partial charge is 0.506 e. The van der Waals surface area contributed by atoms with Crippen LogP contribution in [-0.4, -0.2) is 16.9 Å². The van der Waals surface area contributed by atoms with Gasteiger partial charge in [0, 0.05) is 11.4 Å². The summed E-state index contributed by atoms with van der Waals surface area (Å²) in [5.74, 6) is 0.0919. The first-order chi connectivity index (χ1) is 5.88. The number of nitrogens with zero attached hydrogens (tertiary/aromatic N) is 1. The molecule has 0 amide bonds. The molecule has 0 radical (unpaired) electrons. The van der Waals surface area contributed by atoms with Gasteiger partial charge in [0.2, 0.25) is 6.79 Å². The van der Waals surface area contributed by atoms with Crippen LogP contribution in [-0.2, 0) is 9.47 Å².